The van der Waals surface area contributed by atoms with Crippen molar-refractivity contribution >= 4 is 11.6 Å². The lowest BCUT2D eigenvalue weighted by Crippen LogP contribution is -2.36. The SMILES string of the molecule is NC(=O)C1CCC(NCc2cccc3c2NCCC3)CC1. The summed E-state index contributed by atoms with van der Waals surface area (Å²) in [5.41, 5.74) is 9.53. The molecule has 114 valence electrons. The summed E-state index contributed by atoms with van der Waals surface area (Å²) in [4.78, 5) is 11.2. The van der Waals surface area contributed by atoms with E-state index in [2.05, 4.69) is 28.8 Å². The van der Waals surface area contributed by atoms with E-state index in [0.29, 0.717) is 6.04 Å². The zero-order valence-corrected chi connectivity index (χ0v) is 12.5. The van der Waals surface area contributed by atoms with Gasteiger partial charge in [0.2, 0.25) is 5.91 Å². The number of rotatable bonds is 4. The van der Waals surface area contributed by atoms with Gasteiger partial charge in [-0.2, -0.15) is 0 Å². The second-order valence-corrected chi connectivity index (χ2v) is 6.31. The van der Waals surface area contributed by atoms with Crippen LogP contribution in [0.25, 0.3) is 0 Å². The molecule has 0 saturated heterocycles. The molecule has 3 rings (SSSR count). The number of hydrogen-bond donors (Lipinski definition) is 3. The second-order valence-electron chi connectivity index (χ2n) is 6.31. The Bertz CT molecular complexity index is 507. The monoisotopic (exact) mass is 287 g/mol. The van der Waals surface area contributed by atoms with Crippen molar-refractivity contribution < 1.29 is 4.79 Å². The van der Waals surface area contributed by atoms with E-state index in [1.165, 1.54) is 29.7 Å². The van der Waals surface area contributed by atoms with Crippen molar-refractivity contribution in [1.29, 1.82) is 0 Å². The highest BCUT2D eigenvalue weighted by molar-refractivity contribution is 5.76. The van der Waals surface area contributed by atoms with E-state index in [-0.39, 0.29) is 11.8 Å². The summed E-state index contributed by atoms with van der Waals surface area (Å²) >= 11 is 0. The summed E-state index contributed by atoms with van der Waals surface area (Å²) in [6.45, 7) is 1.98. The lowest BCUT2D eigenvalue weighted by Gasteiger charge is -2.28. The van der Waals surface area contributed by atoms with Gasteiger partial charge in [-0.15, -0.1) is 0 Å². The van der Waals surface area contributed by atoms with E-state index in [9.17, 15) is 4.79 Å². The third-order valence-electron chi connectivity index (χ3n) is 4.87. The molecule has 1 heterocycles. The molecule has 0 bridgehead atoms. The summed E-state index contributed by atoms with van der Waals surface area (Å²) < 4.78 is 0. The van der Waals surface area contributed by atoms with Crippen LogP contribution in [0.15, 0.2) is 18.2 Å². The molecule has 0 aromatic heterocycles. The van der Waals surface area contributed by atoms with Crippen LogP contribution < -0.4 is 16.4 Å². The number of carbonyl (C=O) groups excluding carboxylic acids is 1. The van der Waals surface area contributed by atoms with Crippen LogP contribution in [0.3, 0.4) is 0 Å². The molecule has 0 unspecified atom stereocenters. The van der Waals surface area contributed by atoms with Gasteiger partial charge in [-0.05, 0) is 49.7 Å². The van der Waals surface area contributed by atoms with Crippen LogP contribution in [0, 0.1) is 5.92 Å². The lowest BCUT2D eigenvalue weighted by atomic mass is 9.85. The standard InChI is InChI=1S/C17H25N3O/c18-17(21)13-6-8-15(9-7-13)20-11-14-4-1-3-12-5-2-10-19-16(12)14/h1,3-4,13,15,19-20H,2,5-11H2,(H2,18,21). The number of fused-ring (bicyclic) bond motifs is 1. The third kappa shape index (κ3) is 3.38. The van der Waals surface area contributed by atoms with Gasteiger partial charge in [0.25, 0.3) is 0 Å². The molecule has 0 spiro atoms. The molecule has 2 aliphatic rings. The molecule has 4 nitrogen and oxygen atoms in total. The maximum absolute atomic E-state index is 11.2. The molecule has 21 heavy (non-hydrogen) atoms. The highest BCUT2D eigenvalue weighted by atomic mass is 16.1. The number of anilines is 1. The zero-order valence-electron chi connectivity index (χ0n) is 12.5. The number of nitrogens with two attached hydrogens (primary N) is 1. The largest absolute Gasteiger partial charge is 0.385 e. The van der Waals surface area contributed by atoms with Crippen molar-refractivity contribution in [3.8, 4) is 0 Å². The van der Waals surface area contributed by atoms with Gasteiger partial charge in [-0.25, -0.2) is 0 Å². The Morgan fingerprint density at radius 1 is 1.29 bits per heavy atom. The minimum atomic E-state index is -0.130. The van der Waals surface area contributed by atoms with Gasteiger partial charge >= 0.3 is 0 Å². The van der Waals surface area contributed by atoms with E-state index in [1.807, 2.05) is 0 Å². The van der Waals surface area contributed by atoms with Crippen molar-refractivity contribution in [2.24, 2.45) is 11.7 Å². The predicted molar refractivity (Wildman–Crippen MR) is 85.0 cm³/mol. The van der Waals surface area contributed by atoms with Gasteiger partial charge in [-0.1, -0.05) is 18.2 Å². The average molecular weight is 287 g/mol. The number of carbonyl (C=O) groups is 1. The number of hydrogen-bond acceptors (Lipinski definition) is 3. The zero-order chi connectivity index (χ0) is 14.7. The van der Waals surface area contributed by atoms with Crippen molar-refractivity contribution in [1.82, 2.24) is 5.32 Å². The Kier molecular flexibility index (Phi) is 4.44. The molecule has 4 N–H and O–H groups in total. The third-order valence-corrected chi connectivity index (χ3v) is 4.87. The van der Waals surface area contributed by atoms with E-state index >= 15 is 0 Å². The quantitative estimate of drug-likeness (QED) is 0.795. The Labute approximate surface area is 126 Å². The summed E-state index contributed by atoms with van der Waals surface area (Å²) in [6.07, 6.45) is 6.36. The van der Waals surface area contributed by atoms with Crippen molar-refractivity contribution in [3.63, 3.8) is 0 Å². The first-order valence-electron chi connectivity index (χ1n) is 8.11. The van der Waals surface area contributed by atoms with Gasteiger partial charge in [0.1, 0.15) is 0 Å². The second kappa shape index (κ2) is 6.48. The summed E-state index contributed by atoms with van der Waals surface area (Å²) in [7, 11) is 0. The van der Waals surface area contributed by atoms with Gasteiger partial charge in [0.05, 0.1) is 0 Å². The maximum Gasteiger partial charge on any atom is 0.220 e. The van der Waals surface area contributed by atoms with Gasteiger partial charge in [0, 0.05) is 30.7 Å². The van der Waals surface area contributed by atoms with Crippen molar-refractivity contribution in [2.45, 2.75) is 51.1 Å². The van der Waals surface area contributed by atoms with E-state index in [1.54, 1.807) is 0 Å². The highest BCUT2D eigenvalue weighted by Crippen LogP contribution is 2.27. The first kappa shape index (κ1) is 14.4. The fourth-order valence-corrected chi connectivity index (χ4v) is 3.56. The number of benzene rings is 1. The molecule has 1 saturated carbocycles. The van der Waals surface area contributed by atoms with Crippen LogP contribution in [-0.4, -0.2) is 18.5 Å². The van der Waals surface area contributed by atoms with Gasteiger partial charge < -0.3 is 16.4 Å². The lowest BCUT2D eigenvalue weighted by molar-refractivity contribution is -0.122. The Morgan fingerprint density at radius 3 is 2.86 bits per heavy atom. The smallest absolute Gasteiger partial charge is 0.220 e. The first-order chi connectivity index (χ1) is 10.2. The van der Waals surface area contributed by atoms with E-state index < -0.39 is 0 Å². The fraction of sp³-hybridized carbons (Fsp3) is 0.588. The van der Waals surface area contributed by atoms with Crippen molar-refractivity contribution in [2.75, 3.05) is 11.9 Å². The van der Waals surface area contributed by atoms with Crippen LogP contribution in [0.1, 0.15) is 43.2 Å². The van der Waals surface area contributed by atoms with E-state index in [4.69, 9.17) is 5.73 Å². The van der Waals surface area contributed by atoms with Crippen LogP contribution in [0.5, 0.6) is 0 Å². The van der Waals surface area contributed by atoms with Crippen molar-refractivity contribution in [3.05, 3.63) is 29.3 Å². The molecular formula is C17H25N3O. The Morgan fingerprint density at radius 2 is 2.10 bits per heavy atom. The predicted octanol–water partition coefficient (Wildman–Crippen LogP) is 2.18. The molecule has 1 amide bonds. The number of aryl methyl sites for hydroxylation is 1. The minimum Gasteiger partial charge on any atom is -0.385 e. The van der Waals surface area contributed by atoms with Crippen LogP contribution in [0.4, 0.5) is 5.69 Å². The van der Waals surface area contributed by atoms with Crippen LogP contribution in [-0.2, 0) is 17.8 Å². The number of nitrogens with one attached hydrogen (secondary N) is 2. The summed E-state index contributed by atoms with van der Waals surface area (Å²) in [5, 5.41) is 7.20. The number of para-hydroxylation sites is 1. The molecule has 0 radical (unpaired) electrons. The van der Waals surface area contributed by atoms with E-state index in [0.717, 1.165) is 38.8 Å². The number of primary amides is 1. The normalized spacial score (nSPS) is 25.0. The fourth-order valence-electron chi connectivity index (χ4n) is 3.56. The highest BCUT2D eigenvalue weighted by Gasteiger charge is 2.24. The molecule has 1 aromatic rings. The molecule has 1 aliphatic heterocycles. The molecule has 1 aromatic carbocycles. The number of amides is 1. The minimum absolute atomic E-state index is 0.0919. The van der Waals surface area contributed by atoms with Gasteiger partial charge in [-0.3, -0.25) is 4.79 Å². The summed E-state index contributed by atoms with van der Waals surface area (Å²) in [6, 6.07) is 7.11. The average Bonchev–Trinajstić information content (AvgIpc) is 2.53. The molecule has 1 aliphatic carbocycles. The molecule has 1 fully saturated rings. The molecular weight excluding hydrogens is 262 g/mol. The van der Waals surface area contributed by atoms with Crippen LogP contribution in [0.2, 0.25) is 0 Å². The van der Waals surface area contributed by atoms with Crippen LogP contribution >= 0.6 is 0 Å². The van der Waals surface area contributed by atoms with Gasteiger partial charge in [0.15, 0.2) is 0 Å². The summed E-state index contributed by atoms with van der Waals surface area (Å²) in [5.74, 6) is -0.0380. The molecule has 0 atom stereocenters. The maximum atomic E-state index is 11.2. The Hall–Kier alpha value is -1.55. The first-order valence-corrected chi connectivity index (χ1v) is 8.11. The Balaban J connectivity index is 1.55. The topological polar surface area (TPSA) is 67.2 Å². The molecule has 4 heteroatoms.